The summed E-state index contributed by atoms with van der Waals surface area (Å²) < 4.78 is 2.16. The summed E-state index contributed by atoms with van der Waals surface area (Å²) in [6.07, 6.45) is 15.0. The van der Waals surface area contributed by atoms with E-state index in [9.17, 15) is 0 Å². The normalized spacial score (nSPS) is 21.5. The minimum Gasteiger partial charge on any atom is -0.337 e. The molecule has 1 aromatic heterocycles. The predicted octanol–water partition coefficient (Wildman–Crippen LogP) is 3.50. The largest absolute Gasteiger partial charge is 0.337 e. The average molecular weight is 281 g/mol. The third-order valence-electron chi connectivity index (χ3n) is 4.35. The van der Waals surface area contributed by atoms with Crippen LogP contribution in [0, 0.1) is 0 Å². The van der Waals surface area contributed by atoms with Crippen molar-refractivity contribution < 1.29 is 0 Å². The van der Waals surface area contributed by atoms with E-state index in [0.717, 1.165) is 19.5 Å². The maximum Gasteiger partial charge on any atom is 0.0945 e. The van der Waals surface area contributed by atoms with Crippen LogP contribution in [-0.2, 0) is 12.1 Å². The van der Waals surface area contributed by atoms with Crippen LogP contribution in [0.2, 0.25) is 0 Å². The van der Waals surface area contributed by atoms with Crippen molar-refractivity contribution in [1.82, 2.24) is 14.9 Å². The second kappa shape index (κ2) is 6.72. The molecular formula is C18H23N3. The fourth-order valence-corrected chi connectivity index (χ4v) is 3.15. The summed E-state index contributed by atoms with van der Waals surface area (Å²) in [4.78, 5) is 4.09. The summed E-state index contributed by atoms with van der Waals surface area (Å²) in [6, 6.07) is 10.9. The van der Waals surface area contributed by atoms with E-state index in [-0.39, 0.29) is 5.54 Å². The number of aryl methyl sites for hydroxylation is 1. The number of imidazole rings is 1. The van der Waals surface area contributed by atoms with Gasteiger partial charge in [0.05, 0.1) is 6.33 Å². The van der Waals surface area contributed by atoms with E-state index in [2.05, 4.69) is 57.4 Å². The Bertz CT molecular complexity index is 559. The van der Waals surface area contributed by atoms with Crippen molar-refractivity contribution >= 4 is 0 Å². The number of nitrogens with zero attached hydrogens (tertiary/aromatic N) is 2. The molecule has 0 radical (unpaired) electrons. The van der Waals surface area contributed by atoms with Crippen LogP contribution in [-0.4, -0.2) is 16.1 Å². The van der Waals surface area contributed by atoms with Gasteiger partial charge in [-0.05, 0) is 31.2 Å². The Morgan fingerprint density at radius 2 is 2.05 bits per heavy atom. The highest BCUT2D eigenvalue weighted by molar-refractivity contribution is 5.27. The molecule has 0 amide bonds. The van der Waals surface area contributed by atoms with E-state index < -0.39 is 0 Å². The van der Waals surface area contributed by atoms with Crippen molar-refractivity contribution in [3.63, 3.8) is 0 Å². The lowest BCUT2D eigenvalue weighted by Gasteiger charge is -2.37. The monoisotopic (exact) mass is 281 g/mol. The molecule has 1 atom stereocenters. The molecule has 1 unspecified atom stereocenters. The van der Waals surface area contributed by atoms with E-state index in [1.54, 1.807) is 0 Å². The molecule has 1 aliphatic rings. The smallest absolute Gasteiger partial charge is 0.0945 e. The lowest BCUT2D eigenvalue weighted by molar-refractivity contribution is 0.300. The Hall–Kier alpha value is -1.87. The van der Waals surface area contributed by atoms with Crippen LogP contribution in [0.4, 0.5) is 0 Å². The molecule has 0 bridgehead atoms. The first-order chi connectivity index (χ1) is 10.4. The van der Waals surface area contributed by atoms with Gasteiger partial charge in [0.2, 0.25) is 0 Å². The number of hydrogen-bond donors (Lipinski definition) is 1. The van der Waals surface area contributed by atoms with E-state index in [1.165, 1.54) is 24.8 Å². The molecule has 0 saturated heterocycles. The fourth-order valence-electron chi connectivity index (χ4n) is 3.15. The minimum absolute atomic E-state index is 0.116. The van der Waals surface area contributed by atoms with Crippen LogP contribution in [0.3, 0.4) is 0 Å². The van der Waals surface area contributed by atoms with Crippen molar-refractivity contribution in [3.8, 4) is 0 Å². The third kappa shape index (κ3) is 3.42. The van der Waals surface area contributed by atoms with Crippen LogP contribution < -0.4 is 5.32 Å². The fraction of sp³-hybridized carbons (Fsp3) is 0.389. The second-order valence-electron chi connectivity index (χ2n) is 5.76. The maximum atomic E-state index is 4.09. The molecule has 1 N–H and O–H groups in total. The summed E-state index contributed by atoms with van der Waals surface area (Å²) in [7, 11) is 0. The van der Waals surface area contributed by atoms with E-state index >= 15 is 0 Å². The molecule has 0 aliphatic carbocycles. The molecular weight excluding hydrogens is 258 g/mol. The van der Waals surface area contributed by atoms with Crippen molar-refractivity contribution in [2.45, 2.75) is 37.8 Å². The predicted molar refractivity (Wildman–Crippen MR) is 86.0 cm³/mol. The van der Waals surface area contributed by atoms with Gasteiger partial charge in [-0.2, -0.15) is 0 Å². The highest BCUT2D eigenvalue weighted by Crippen LogP contribution is 2.33. The van der Waals surface area contributed by atoms with Gasteiger partial charge in [-0.25, -0.2) is 4.98 Å². The van der Waals surface area contributed by atoms with Crippen molar-refractivity contribution in [2.75, 3.05) is 6.54 Å². The lowest BCUT2D eigenvalue weighted by Crippen LogP contribution is -2.44. The number of benzene rings is 1. The van der Waals surface area contributed by atoms with Gasteiger partial charge in [0.1, 0.15) is 0 Å². The van der Waals surface area contributed by atoms with Gasteiger partial charge in [-0.1, -0.05) is 42.5 Å². The SMILES string of the molecule is C1=CCC(CCCCn2ccnc2)(c2ccccc2)NC1. The topological polar surface area (TPSA) is 29.9 Å². The molecule has 1 aliphatic heterocycles. The minimum atomic E-state index is 0.116. The summed E-state index contributed by atoms with van der Waals surface area (Å²) in [6.45, 7) is 2.02. The maximum absolute atomic E-state index is 4.09. The quantitative estimate of drug-likeness (QED) is 0.649. The summed E-state index contributed by atoms with van der Waals surface area (Å²) >= 11 is 0. The number of rotatable bonds is 6. The molecule has 0 spiro atoms. The molecule has 21 heavy (non-hydrogen) atoms. The second-order valence-corrected chi connectivity index (χ2v) is 5.76. The first-order valence-corrected chi connectivity index (χ1v) is 7.80. The van der Waals surface area contributed by atoms with Crippen LogP contribution >= 0.6 is 0 Å². The van der Waals surface area contributed by atoms with Gasteiger partial charge >= 0.3 is 0 Å². The van der Waals surface area contributed by atoms with E-state index in [0.29, 0.717) is 0 Å². The molecule has 3 heteroatoms. The molecule has 2 heterocycles. The van der Waals surface area contributed by atoms with Gasteiger partial charge < -0.3 is 9.88 Å². The Kier molecular flexibility index (Phi) is 4.51. The Morgan fingerprint density at radius 3 is 2.76 bits per heavy atom. The standard InChI is InChI=1S/C18H23N3/c1-2-8-17(9-3-1)18(10-4-6-12-20-18)11-5-7-14-21-15-13-19-16-21/h1-4,6,8-9,13,15-16,20H,5,7,10-12,14H2. The van der Waals surface area contributed by atoms with Gasteiger partial charge in [0.15, 0.2) is 0 Å². The first-order valence-electron chi connectivity index (χ1n) is 7.80. The van der Waals surface area contributed by atoms with E-state index in [1.807, 2.05) is 18.7 Å². The van der Waals surface area contributed by atoms with Crippen molar-refractivity contribution in [3.05, 3.63) is 66.8 Å². The molecule has 3 nitrogen and oxygen atoms in total. The van der Waals surface area contributed by atoms with Crippen LogP contribution in [0.5, 0.6) is 0 Å². The molecule has 0 fully saturated rings. The van der Waals surface area contributed by atoms with Crippen molar-refractivity contribution in [2.24, 2.45) is 0 Å². The molecule has 2 aromatic rings. The average Bonchev–Trinajstić information content (AvgIpc) is 3.07. The van der Waals surface area contributed by atoms with Gasteiger partial charge in [-0.3, -0.25) is 0 Å². The van der Waals surface area contributed by atoms with Gasteiger partial charge in [-0.15, -0.1) is 0 Å². The van der Waals surface area contributed by atoms with Gasteiger partial charge in [0, 0.05) is 31.0 Å². The zero-order valence-electron chi connectivity index (χ0n) is 12.4. The Balaban J connectivity index is 1.62. The van der Waals surface area contributed by atoms with Crippen LogP contribution in [0.15, 0.2) is 61.2 Å². The number of hydrogen-bond acceptors (Lipinski definition) is 2. The zero-order valence-corrected chi connectivity index (χ0v) is 12.4. The van der Waals surface area contributed by atoms with Gasteiger partial charge in [0.25, 0.3) is 0 Å². The zero-order chi connectivity index (χ0) is 14.4. The molecule has 1 aromatic carbocycles. The number of unbranched alkanes of at least 4 members (excludes halogenated alkanes) is 1. The molecule has 0 saturated carbocycles. The lowest BCUT2D eigenvalue weighted by atomic mass is 9.80. The Morgan fingerprint density at radius 1 is 1.14 bits per heavy atom. The first kappa shape index (κ1) is 14.1. The van der Waals surface area contributed by atoms with E-state index in [4.69, 9.17) is 0 Å². The summed E-state index contributed by atoms with van der Waals surface area (Å²) in [5, 5.41) is 3.74. The highest BCUT2D eigenvalue weighted by atomic mass is 15.0. The molecule has 3 rings (SSSR count). The van der Waals surface area contributed by atoms with Crippen molar-refractivity contribution in [1.29, 1.82) is 0 Å². The third-order valence-corrected chi connectivity index (χ3v) is 4.35. The summed E-state index contributed by atoms with van der Waals surface area (Å²) in [5.41, 5.74) is 1.53. The Labute approximate surface area is 126 Å². The van der Waals surface area contributed by atoms with Crippen LogP contribution in [0.25, 0.3) is 0 Å². The summed E-state index contributed by atoms with van der Waals surface area (Å²) in [5.74, 6) is 0. The number of nitrogens with one attached hydrogen (secondary N) is 1. The molecule has 110 valence electrons. The van der Waals surface area contributed by atoms with Crippen LogP contribution in [0.1, 0.15) is 31.2 Å². The highest BCUT2D eigenvalue weighted by Gasteiger charge is 2.30. The number of aromatic nitrogens is 2.